The molecule has 0 saturated carbocycles. The number of Topliss-reactive ketones (excluding diaryl/α,β-unsaturated/α-hetero) is 2. The summed E-state index contributed by atoms with van der Waals surface area (Å²) < 4.78 is 6.17. The first-order chi connectivity index (χ1) is 19.7. The number of phenolic OH excluding ortho intramolecular Hbond substituents is 1. The fraction of sp³-hybridized carbons (Fsp3) is 0.314. The summed E-state index contributed by atoms with van der Waals surface area (Å²) in [6, 6.07) is 21.3. The Hall–Kier alpha value is -3.74. The molecule has 1 aliphatic heterocycles. The van der Waals surface area contributed by atoms with Crippen LogP contribution in [-0.4, -0.2) is 34.9 Å². The largest absolute Gasteiger partial charge is 0.507 e. The normalized spacial score (nSPS) is 24.2. The zero-order chi connectivity index (χ0) is 28.8. The minimum absolute atomic E-state index is 0.0102. The molecule has 3 aliphatic rings. The highest BCUT2D eigenvalue weighted by Crippen LogP contribution is 2.51. The molecule has 2 aliphatic carbocycles. The van der Waals surface area contributed by atoms with Crippen LogP contribution in [0.1, 0.15) is 69.2 Å². The lowest BCUT2D eigenvalue weighted by Crippen LogP contribution is -2.50. The Morgan fingerprint density at radius 1 is 0.927 bits per heavy atom. The number of aryl methyl sites for hydroxylation is 2. The lowest BCUT2D eigenvalue weighted by Gasteiger charge is -2.47. The summed E-state index contributed by atoms with van der Waals surface area (Å²) in [5, 5.41) is 21.1. The molecule has 0 amide bonds. The molecule has 0 spiro atoms. The summed E-state index contributed by atoms with van der Waals surface area (Å²) in [4.78, 5) is 27.3. The van der Waals surface area contributed by atoms with Crippen molar-refractivity contribution in [2.75, 3.05) is 0 Å². The standard InChI is InChI=1S/C35H35BO5/c1-20-17-28-32(35(39)27-12-8-7-11-26(27)34(28)38)29-19-36(40)41-30(31(20)29)14-13-25(24-9-5-4-6-10-24)18-23-15-21(2)33(37)22(3)16-23/h4-12,15-16,18,28-30,32,37,40H,13-14,17,19H2,1-3H3/b25-18-/t28-,29+,30-,32-/m1/s1. The second-order valence-corrected chi connectivity index (χ2v) is 11.8. The van der Waals surface area contributed by atoms with E-state index >= 15 is 0 Å². The topological polar surface area (TPSA) is 83.8 Å². The van der Waals surface area contributed by atoms with E-state index in [1.54, 1.807) is 12.1 Å². The van der Waals surface area contributed by atoms with Gasteiger partial charge in [-0.3, -0.25) is 9.59 Å². The number of benzene rings is 3. The van der Waals surface area contributed by atoms with Crippen LogP contribution in [0.2, 0.25) is 6.32 Å². The van der Waals surface area contributed by atoms with Gasteiger partial charge in [0.2, 0.25) is 0 Å². The molecule has 41 heavy (non-hydrogen) atoms. The maximum atomic E-state index is 13.8. The fourth-order valence-corrected chi connectivity index (χ4v) is 7.34. The molecule has 4 atom stereocenters. The number of rotatable bonds is 5. The molecule has 3 aromatic carbocycles. The van der Waals surface area contributed by atoms with Gasteiger partial charge in [0.15, 0.2) is 11.6 Å². The smallest absolute Gasteiger partial charge is 0.455 e. The molecule has 5 nitrogen and oxygen atoms in total. The predicted octanol–water partition coefficient (Wildman–Crippen LogP) is 6.86. The van der Waals surface area contributed by atoms with E-state index in [1.165, 1.54) is 0 Å². The van der Waals surface area contributed by atoms with Gasteiger partial charge in [-0.1, -0.05) is 66.2 Å². The number of allylic oxidation sites excluding steroid dienone is 2. The molecule has 0 bridgehead atoms. The highest BCUT2D eigenvalue weighted by atomic mass is 16.5. The third kappa shape index (κ3) is 5.00. The fourth-order valence-electron chi connectivity index (χ4n) is 7.34. The van der Waals surface area contributed by atoms with Crippen LogP contribution in [0, 0.1) is 31.6 Å². The predicted molar refractivity (Wildman–Crippen MR) is 162 cm³/mol. The van der Waals surface area contributed by atoms with Gasteiger partial charge in [0.25, 0.3) is 0 Å². The lowest BCUT2D eigenvalue weighted by atomic mass is 9.54. The number of hydrogen-bond donors (Lipinski definition) is 2. The Balaban J connectivity index is 1.33. The molecule has 0 radical (unpaired) electrons. The molecule has 6 rings (SSSR count). The first kappa shape index (κ1) is 27.4. The summed E-state index contributed by atoms with van der Waals surface area (Å²) in [6.45, 7) is 5.86. The maximum Gasteiger partial charge on any atom is 0.455 e. The Bertz CT molecular complexity index is 1560. The third-order valence-electron chi connectivity index (χ3n) is 9.18. The van der Waals surface area contributed by atoms with Gasteiger partial charge < -0.3 is 14.8 Å². The molecule has 1 fully saturated rings. The second kappa shape index (κ2) is 10.9. The van der Waals surface area contributed by atoms with Gasteiger partial charge in [-0.2, -0.15) is 0 Å². The van der Waals surface area contributed by atoms with E-state index in [4.69, 9.17) is 4.65 Å². The maximum absolute atomic E-state index is 13.8. The van der Waals surface area contributed by atoms with Gasteiger partial charge in [-0.05, 0) is 97.8 Å². The summed E-state index contributed by atoms with van der Waals surface area (Å²) >= 11 is 0. The van der Waals surface area contributed by atoms with Gasteiger partial charge in [0, 0.05) is 23.0 Å². The van der Waals surface area contributed by atoms with Crippen LogP contribution in [0.3, 0.4) is 0 Å². The molecule has 0 unspecified atom stereocenters. The van der Waals surface area contributed by atoms with Crippen molar-refractivity contribution in [3.8, 4) is 5.75 Å². The average molecular weight is 546 g/mol. The number of phenols is 1. The number of carbonyl (C=O) groups excluding carboxylic acids is 2. The molecule has 1 saturated heterocycles. The minimum Gasteiger partial charge on any atom is -0.507 e. The quantitative estimate of drug-likeness (QED) is 0.208. The van der Waals surface area contributed by atoms with E-state index < -0.39 is 19.0 Å². The van der Waals surface area contributed by atoms with Crippen LogP contribution in [-0.2, 0) is 4.65 Å². The highest BCUT2D eigenvalue weighted by Gasteiger charge is 2.52. The van der Waals surface area contributed by atoms with Crippen molar-refractivity contribution in [2.45, 2.75) is 52.5 Å². The number of ketones is 2. The molecule has 1 heterocycles. The highest BCUT2D eigenvalue weighted by molar-refractivity contribution is 6.43. The minimum atomic E-state index is -0.994. The van der Waals surface area contributed by atoms with E-state index in [0.29, 0.717) is 42.5 Å². The number of fused-ring (bicyclic) bond motifs is 4. The van der Waals surface area contributed by atoms with Gasteiger partial charge in [-0.15, -0.1) is 0 Å². The third-order valence-corrected chi connectivity index (χ3v) is 9.18. The molecule has 6 heteroatoms. The van der Waals surface area contributed by atoms with Gasteiger partial charge in [0.1, 0.15) is 5.75 Å². The van der Waals surface area contributed by atoms with Crippen molar-refractivity contribution in [2.24, 2.45) is 17.8 Å². The van der Waals surface area contributed by atoms with Crippen LogP contribution in [0.15, 0.2) is 77.9 Å². The number of carbonyl (C=O) groups is 2. The molecule has 0 aromatic heterocycles. The first-order valence-corrected chi connectivity index (χ1v) is 14.5. The van der Waals surface area contributed by atoms with Crippen LogP contribution in [0.4, 0.5) is 0 Å². The second-order valence-electron chi connectivity index (χ2n) is 11.8. The van der Waals surface area contributed by atoms with E-state index in [1.807, 2.05) is 56.3 Å². The van der Waals surface area contributed by atoms with Crippen molar-refractivity contribution < 1.29 is 24.4 Å². The molecular formula is C35H35BO5. The van der Waals surface area contributed by atoms with Crippen molar-refractivity contribution in [1.29, 1.82) is 0 Å². The summed E-state index contributed by atoms with van der Waals surface area (Å²) in [5.41, 5.74) is 8.11. The SMILES string of the molecule is CC1=C2[C@@H](CC/C(=C/c3cc(C)c(O)c(C)c3)c3ccccc3)OB(O)C[C@@H]2[C@@H]2C(=O)c3ccccc3C(=O)[C@@H]2C1. The summed E-state index contributed by atoms with van der Waals surface area (Å²) in [5.74, 6) is -0.720. The number of hydrogen-bond acceptors (Lipinski definition) is 5. The van der Waals surface area contributed by atoms with Crippen LogP contribution < -0.4 is 0 Å². The molecule has 208 valence electrons. The Kier molecular flexibility index (Phi) is 7.31. The zero-order valence-corrected chi connectivity index (χ0v) is 23.8. The lowest BCUT2D eigenvalue weighted by molar-refractivity contribution is 0.0602. The van der Waals surface area contributed by atoms with Crippen molar-refractivity contribution in [3.63, 3.8) is 0 Å². The summed E-state index contributed by atoms with van der Waals surface area (Å²) in [6.07, 6.45) is 3.99. The van der Waals surface area contributed by atoms with Gasteiger partial charge in [0.05, 0.1) is 6.10 Å². The monoisotopic (exact) mass is 546 g/mol. The van der Waals surface area contributed by atoms with Crippen LogP contribution in [0.25, 0.3) is 11.6 Å². The van der Waals surface area contributed by atoms with E-state index in [2.05, 4.69) is 25.1 Å². The van der Waals surface area contributed by atoms with Crippen LogP contribution >= 0.6 is 0 Å². The van der Waals surface area contributed by atoms with Crippen molar-refractivity contribution >= 4 is 30.3 Å². The molecule has 3 aromatic rings. The van der Waals surface area contributed by atoms with Crippen LogP contribution in [0.5, 0.6) is 5.75 Å². The Morgan fingerprint density at radius 2 is 1.56 bits per heavy atom. The molecular weight excluding hydrogens is 511 g/mol. The molecule has 2 N–H and O–H groups in total. The van der Waals surface area contributed by atoms with E-state index in [9.17, 15) is 19.7 Å². The number of aromatic hydroxyl groups is 1. The van der Waals surface area contributed by atoms with Crippen molar-refractivity contribution in [3.05, 3.63) is 111 Å². The Morgan fingerprint density at radius 3 is 2.24 bits per heavy atom. The zero-order valence-electron chi connectivity index (χ0n) is 23.8. The summed E-state index contributed by atoms with van der Waals surface area (Å²) in [7, 11) is -0.994. The average Bonchev–Trinajstić information content (AvgIpc) is 2.96. The first-order valence-electron chi connectivity index (χ1n) is 14.5. The van der Waals surface area contributed by atoms with Crippen molar-refractivity contribution in [1.82, 2.24) is 0 Å². The Labute approximate surface area is 241 Å². The van der Waals surface area contributed by atoms with Gasteiger partial charge >= 0.3 is 7.12 Å². The van der Waals surface area contributed by atoms with E-state index in [0.717, 1.165) is 39.0 Å². The van der Waals surface area contributed by atoms with E-state index in [-0.39, 0.29) is 23.6 Å². The van der Waals surface area contributed by atoms with Gasteiger partial charge in [-0.25, -0.2) is 0 Å².